The van der Waals surface area contributed by atoms with Crippen LogP contribution in [0.4, 0.5) is 13.2 Å². The van der Waals surface area contributed by atoms with Crippen LogP contribution < -0.4 is 0 Å². The maximum absolute atomic E-state index is 12.4. The number of thioether (sulfide) groups is 1. The number of hydrogen-bond donors (Lipinski definition) is 0. The molecule has 0 saturated heterocycles. The Balaban J connectivity index is 2.12. The van der Waals surface area contributed by atoms with Crippen LogP contribution in [0.1, 0.15) is 22.8 Å². The summed E-state index contributed by atoms with van der Waals surface area (Å²) in [5.74, 6) is 0. The Morgan fingerprint density at radius 3 is 2.35 bits per heavy atom. The van der Waals surface area contributed by atoms with Crippen molar-refractivity contribution in [1.82, 2.24) is 0 Å². The van der Waals surface area contributed by atoms with Crippen LogP contribution in [-0.2, 0) is 11.0 Å². The van der Waals surface area contributed by atoms with Gasteiger partial charge in [0, 0.05) is 10.2 Å². The summed E-state index contributed by atoms with van der Waals surface area (Å²) in [6.07, 6.45) is -1.04. The molecule has 0 saturated carbocycles. The molecule has 1 aliphatic rings. The van der Waals surface area contributed by atoms with Crippen LogP contribution in [0.3, 0.4) is 0 Å². The topological polar surface area (TPSA) is 17.1 Å². The predicted octanol–water partition coefficient (Wildman–Crippen LogP) is 3.97. The van der Waals surface area contributed by atoms with Crippen molar-refractivity contribution in [2.75, 3.05) is 0 Å². The second-order valence-electron chi connectivity index (χ2n) is 3.69. The summed E-state index contributed by atoms with van der Waals surface area (Å²) in [6.45, 7) is 0. The van der Waals surface area contributed by atoms with E-state index in [9.17, 15) is 18.0 Å². The van der Waals surface area contributed by atoms with Crippen molar-refractivity contribution in [3.63, 3.8) is 0 Å². The summed E-state index contributed by atoms with van der Waals surface area (Å²) >= 11 is 1.39. The van der Waals surface area contributed by atoms with Crippen LogP contribution in [0.5, 0.6) is 0 Å². The Hall–Kier alpha value is -1.23. The van der Waals surface area contributed by atoms with Crippen molar-refractivity contribution < 1.29 is 18.0 Å². The third-order valence-electron chi connectivity index (χ3n) is 2.54. The quantitative estimate of drug-likeness (QED) is 0.747. The molecule has 1 aromatic rings. The first-order valence-electron chi connectivity index (χ1n) is 5.00. The lowest BCUT2D eigenvalue weighted by atomic mass is 10.1. The number of allylic oxidation sites excluding steroid dienone is 2. The third-order valence-corrected chi connectivity index (χ3v) is 3.82. The molecule has 1 heterocycles. The number of alkyl halides is 3. The molecular weight excluding hydrogens is 249 g/mol. The van der Waals surface area contributed by atoms with Crippen molar-refractivity contribution in [2.45, 2.75) is 17.8 Å². The van der Waals surface area contributed by atoms with Crippen LogP contribution in [0, 0.1) is 0 Å². The standard InChI is InChI=1S/C12H9F3OS/c13-12(14,15)9-3-1-8(2-4-9)11-6-5-10(7-16)17-11/h1-5,7,11H,6H2. The molecule has 0 aliphatic carbocycles. The minimum absolute atomic E-state index is 0.0532. The van der Waals surface area contributed by atoms with Gasteiger partial charge < -0.3 is 0 Å². The normalized spacial score (nSPS) is 20.2. The van der Waals surface area contributed by atoms with Crippen molar-refractivity contribution >= 4 is 18.0 Å². The molecule has 17 heavy (non-hydrogen) atoms. The smallest absolute Gasteiger partial charge is 0.297 e. The van der Waals surface area contributed by atoms with E-state index in [-0.39, 0.29) is 5.25 Å². The van der Waals surface area contributed by atoms with Gasteiger partial charge in [-0.2, -0.15) is 13.2 Å². The molecule has 1 nitrogen and oxygen atoms in total. The van der Waals surface area contributed by atoms with Gasteiger partial charge in [0.25, 0.3) is 0 Å². The number of carbonyl (C=O) groups is 1. The molecule has 0 spiro atoms. The fourth-order valence-electron chi connectivity index (χ4n) is 1.65. The van der Waals surface area contributed by atoms with Crippen LogP contribution >= 0.6 is 11.8 Å². The third kappa shape index (κ3) is 2.72. The van der Waals surface area contributed by atoms with Gasteiger partial charge in [-0.25, -0.2) is 0 Å². The predicted molar refractivity (Wildman–Crippen MR) is 60.5 cm³/mol. The maximum Gasteiger partial charge on any atom is 0.416 e. The number of hydrogen-bond acceptors (Lipinski definition) is 2. The fourth-order valence-corrected chi connectivity index (χ4v) is 2.71. The van der Waals surface area contributed by atoms with Gasteiger partial charge in [-0.3, -0.25) is 4.79 Å². The molecule has 1 aliphatic heterocycles. The van der Waals surface area contributed by atoms with Gasteiger partial charge in [-0.15, -0.1) is 11.8 Å². The second-order valence-corrected chi connectivity index (χ2v) is 4.96. The highest BCUT2D eigenvalue weighted by molar-refractivity contribution is 8.04. The molecule has 0 N–H and O–H groups in total. The Morgan fingerprint density at radius 1 is 1.24 bits per heavy atom. The first-order chi connectivity index (χ1) is 8.00. The maximum atomic E-state index is 12.4. The van der Waals surface area contributed by atoms with E-state index in [1.54, 1.807) is 6.08 Å². The highest BCUT2D eigenvalue weighted by Crippen LogP contribution is 2.43. The average molecular weight is 258 g/mol. The zero-order valence-electron chi connectivity index (χ0n) is 8.70. The van der Waals surface area contributed by atoms with Crippen molar-refractivity contribution in [2.24, 2.45) is 0 Å². The summed E-state index contributed by atoms with van der Waals surface area (Å²) in [6, 6.07) is 5.10. The molecule has 5 heteroatoms. The molecule has 1 atom stereocenters. The number of aldehydes is 1. The zero-order chi connectivity index (χ0) is 12.5. The fraction of sp³-hybridized carbons (Fsp3) is 0.250. The summed E-state index contributed by atoms with van der Waals surface area (Å²) < 4.78 is 37.1. The minimum Gasteiger partial charge on any atom is -0.297 e. The highest BCUT2D eigenvalue weighted by atomic mass is 32.2. The molecule has 0 bridgehead atoms. The molecule has 0 radical (unpaired) electrons. The van der Waals surface area contributed by atoms with Gasteiger partial charge in [0.05, 0.1) is 5.56 Å². The Bertz CT molecular complexity index is 448. The largest absolute Gasteiger partial charge is 0.416 e. The van der Waals surface area contributed by atoms with Gasteiger partial charge in [0.1, 0.15) is 0 Å². The number of carbonyl (C=O) groups excluding carboxylic acids is 1. The molecule has 2 rings (SSSR count). The van der Waals surface area contributed by atoms with E-state index in [0.717, 1.165) is 24.0 Å². The van der Waals surface area contributed by atoms with Gasteiger partial charge in [0.2, 0.25) is 0 Å². The van der Waals surface area contributed by atoms with Crippen LogP contribution in [0.2, 0.25) is 0 Å². The van der Waals surface area contributed by atoms with Crippen molar-refractivity contribution in [1.29, 1.82) is 0 Å². The summed E-state index contributed by atoms with van der Waals surface area (Å²) in [5, 5.41) is 0.0532. The molecule has 1 aromatic carbocycles. The molecule has 0 fully saturated rings. The first kappa shape index (κ1) is 12.2. The lowest BCUT2D eigenvalue weighted by Crippen LogP contribution is -2.04. The number of halogens is 3. The van der Waals surface area contributed by atoms with Gasteiger partial charge in [0.15, 0.2) is 6.29 Å². The number of rotatable bonds is 2. The van der Waals surface area contributed by atoms with Crippen LogP contribution in [0.25, 0.3) is 0 Å². The monoisotopic (exact) mass is 258 g/mol. The van der Waals surface area contributed by atoms with Gasteiger partial charge in [-0.1, -0.05) is 18.2 Å². The molecular formula is C12H9F3OS. The zero-order valence-corrected chi connectivity index (χ0v) is 9.52. The Kier molecular flexibility index (Phi) is 3.28. The van der Waals surface area contributed by atoms with Gasteiger partial charge >= 0.3 is 6.18 Å². The molecule has 0 aromatic heterocycles. The summed E-state index contributed by atoms with van der Waals surface area (Å²) in [5.41, 5.74) is 0.170. The average Bonchev–Trinajstić information content (AvgIpc) is 2.76. The Labute approximate surface area is 101 Å². The van der Waals surface area contributed by atoms with Crippen LogP contribution in [0.15, 0.2) is 35.2 Å². The molecule has 0 amide bonds. The van der Waals surface area contributed by atoms with Crippen molar-refractivity contribution in [3.05, 3.63) is 46.4 Å². The van der Waals surface area contributed by atoms with E-state index in [0.29, 0.717) is 11.3 Å². The minimum atomic E-state index is -4.30. The molecule has 1 unspecified atom stereocenters. The lowest BCUT2D eigenvalue weighted by Gasteiger charge is -2.11. The lowest BCUT2D eigenvalue weighted by molar-refractivity contribution is -0.137. The Morgan fingerprint density at radius 2 is 1.88 bits per heavy atom. The van der Waals surface area contributed by atoms with E-state index in [4.69, 9.17) is 0 Å². The van der Waals surface area contributed by atoms with E-state index in [2.05, 4.69) is 0 Å². The van der Waals surface area contributed by atoms with E-state index in [1.165, 1.54) is 23.9 Å². The second kappa shape index (κ2) is 4.56. The van der Waals surface area contributed by atoms with E-state index in [1.807, 2.05) is 0 Å². The summed E-state index contributed by atoms with van der Waals surface area (Å²) in [4.78, 5) is 11.2. The number of benzene rings is 1. The summed E-state index contributed by atoms with van der Waals surface area (Å²) in [7, 11) is 0. The van der Waals surface area contributed by atoms with Crippen molar-refractivity contribution in [3.8, 4) is 0 Å². The first-order valence-corrected chi connectivity index (χ1v) is 5.88. The van der Waals surface area contributed by atoms with Gasteiger partial charge in [-0.05, 0) is 24.1 Å². The van der Waals surface area contributed by atoms with E-state index < -0.39 is 11.7 Å². The van der Waals surface area contributed by atoms with Crippen LogP contribution in [-0.4, -0.2) is 6.29 Å². The highest BCUT2D eigenvalue weighted by Gasteiger charge is 2.30. The van der Waals surface area contributed by atoms with E-state index >= 15 is 0 Å². The molecule has 90 valence electrons. The SMILES string of the molecule is O=CC1=CCC(c2ccc(C(F)(F)F)cc2)S1.